The van der Waals surface area contributed by atoms with E-state index in [-0.39, 0.29) is 12.6 Å². The zero-order chi connectivity index (χ0) is 10.0. The van der Waals surface area contributed by atoms with Gasteiger partial charge in [-0.2, -0.15) is 0 Å². The van der Waals surface area contributed by atoms with Gasteiger partial charge in [0.25, 0.3) is 0 Å². The predicted octanol–water partition coefficient (Wildman–Crippen LogP) is 1.95. The molecule has 1 rings (SSSR count). The Balaban J connectivity index is 3.18. The summed E-state index contributed by atoms with van der Waals surface area (Å²) in [6, 6.07) is 3.50. The van der Waals surface area contributed by atoms with Crippen molar-refractivity contribution < 1.29 is 5.11 Å². The van der Waals surface area contributed by atoms with Gasteiger partial charge < -0.3 is 10.8 Å². The number of aliphatic hydroxyl groups is 1. The molecule has 0 saturated carbocycles. The molecule has 0 heterocycles. The molecule has 1 aromatic rings. The summed E-state index contributed by atoms with van der Waals surface area (Å²) in [5, 5.41) is 9.64. The number of aryl methyl sites for hydroxylation is 1. The molecule has 1 unspecified atom stereocenters. The van der Waals surface area contributed by atoms with E-state index in [4.69, 9.17) is 22.4 Å². The number of hydrogen-bond donors (Lipinski definition) is 2. The summed E-state index contributed by atoms with van der Waals surface area (Å²) in [6.07, 6.45) is 0. The van der Waals surface area contributed by atoms with Crippen LogP contribution in [0.4, 0.5) is 0 Å². The van der Waals surface area contributed by atoms with E-state index >= 15 is 0 Å². The largest absolute Gasteiger partial charge is 0.394 e. The highest BCUT2D eigenvalue weighted by atomic mass is 35.5. The minimum absolute atomic E-state index is 0.0553. The second kappa shape index (κ2) is 4.09. The highest BCUT2D eigenvalue weighted by molar-refractivity contribution is 6.32. The second-order valence-corrected chi connectivity index (χ2v) is 3.58. The highest BCUT2D eigenvalue weighted by Crippen LogP contribution is 2.26. The monoisotopic (exact) mass is 199 g/mol. The lowest BCUT2D eigenvalue weighted by Gasteiger charge is -2.14. The van der Waals surface area contributed by atoms with Gasteiger partial charge in [0, 0.05) is 5.02 Å². The summed E-state index contributed by atoms with van der Waals surface area (Å²) in [4.78, 5) is 0. The summed E-state index contributed by atoms with van der Waals surface area (Å²) in [5.41, 5.74) is 8.62. The van der Waals surface area contributed by atoms with Gasteiger partial charge in [-0.15, -0.1) is 0 Å². The van der Waals surface area contributed by atoms with Gasteiger partial charge in [-0.3, -0.25) is 0 Å². The summed E-state index contributed by atoms with van der Waals surface area (Å²) < 4.78 is 0. The molecule has 0 aromatic heterocycles. The Morgan fingerprint density at radius 2 is 2.08 bits per heavy atom. The number of halogens is 1. The van der Waals surface area contributed by atoms with Crippen LogP contribution in [-0.4, -0.2) is 11.7 Å². The number of benzene rings is 1. The summed E-state index contributed by atoms with van der Waals surface area (Å²) in [6.45, 7) is 3.81. The van der Waals surface area contributed by atoms with Crippen LogP contribution in [0.15, 0.2) is 12.1 Å². The van der Waals surface area contributed by atoms with Crippen molar-refractivity contribution >= 4 is 11.6 Å². The van der Waals surface area contributed by atoms with Crippen molar-refractivity contribution in [1.29, 1.82) is 0 Å². The van der Waals surface area contributed by atoms with Crippen LogP contribution in [-0.2, 0) is 0 Å². The molecule has 0 fully saturated rings. The summed E-state index contributed by atoms with van der Waals surface area (Å²) in [5.74, 6) is 0. The lowest BCUT2D eigenvalue weighted by molar-refractivity contribution is 0.267. The first kappa shape index (κ1) is 10.5. The van der Waals surface area contributed by atoms with E-state index in [1.807, 2.05) is 26.0 Å². The molecule has 13 heavy (non-hydrogen) atoms. The Bertz CT molecular complexity index is 312. The molecule has 0 amide bonds. The fourth-order valence-electron chi connectivity index (χ4n) is 1.34. The first-order valence-electron chi connectivity index (χ1n) is 4.20. The van der Waals surface area contributed by atoms with Gasteiger partial charge in [-0.05, 0) is 30.5 Å². The van der Waals surface area contributed by atoms with Crippen LogP contribution in [0.2, 0.25) is 5.02 Å². The van der Waals surface area contributed by atoms with E-state index in [9.17, 15) is 0 Å². The van der Waals surface area contributed by atoms with Crippen LogP contribution in [0, 0.1) is 13.8 Å². The molecular formula is C10H14ClNO. The zero-order valence-electron chi connectivity index (χ0n) is 7.84. The van der Waals surface area contributed by atoms with Gasteiger partial charge in [-0.1, -0.05) is 23.7 Å². The SMILES string of the molecule is Cc1ccc(C(N)CO)c(C)c1Cl. The van der Waals surface area contributed by atoms with Crippen LogP contribution < -0.4 is 5.73 Å². The van der Waals surface area contributed by atoms with Crippen molar-refractivity contribution in [2.75, 3.05) is 6.61 Å². The van der Waals surface area contributed by atoms with E-state index in [0.717, 1.165) is 21.7 Å². The molecule has 3 heteroatoms. The molecule has 0 bridgehead atoms. The second-order valence-electron chi connectivity index (χ2n) is 3.20. The maximum absolute atomic E-state index is 8.90. The fraction of sp³-hybridized carbons (Fsp3) is 0.400. The molecule has 0 aliphatic heterocycles. The highest BCUT2D eigenvalue weighted by Gasteiger charge is 2.10. The maximum atomic E-state index is 8.90. The molecule has 0 spiro atoms. The van der Waals surface area contributed by atoms with Gasteiger partial charge in [0.05, 0.1) is 12.6 Å². The van der Waals surface area contributed by atoms with Crippen LogP contribution in [0.5, 0.6) is 0 Å². The average Bonchev–Trinajstić information content (AvgIpc) is 2.13. The lowest BCUT2D eigenvalue weighted by atomic mass is 10.0. The number of nitrogens with two attached hydrogens (primary N) is 1. The van der Waals surface area contributed by atoms with Crippen molar-refractivity contribution in [3.8, 4) is 0 Å². The van der Waals surface area contributed by atoms with Gasteiger partial charge >= 0.3 is 0 Å². The molecule has 3 N–H and O–H groups in total. The Kier molecular flexibility index (Phi) is 3.31. The molecule has 0 aliphatic rings. The van der Waals surface area contributed by atoms with E-state index in [0.29, 0.717) is 0 Å². The van der Waals surface area contributed by atoms with E-state index < -0.39 is 0 Å². The molecule has 1 atom stereocenters. The molecule has 1 aromatic carbocycles. The van der Waals surface area contributed by atoms with Gasteiger partial charge in [0.1, 0.15) is 0 Å². The van der Waals surface area contributed by atoms with Crippen LogP contribution >= 0.6 is 11.6 Å². The minimum atomic E-state index is -0.335. The van der Waals surface area contributed by atoms with Gasteiger partial charge in [0.2, 0.25) is 0 Å². The minimum Gasteiger partial charge on any atom is -0.394 e. The lowest BCUT2D eigenvalue weighted by Crippen LogP contribution is -2.15. The number of aliphatic hydroxyl groups excluding tert-OH is 1. The quantitative estimate of drug-likeness (QED) is 0.765. The Labute approximate surface area is 83.3 Å². The van der Waals surface area contributed by atoms with Crippen molar-refractivity contribution in [3.63, 3.8) is 0 Å². The zero-order valence-corrected chi connectivity index (χ0v) is 8.60. The van der Waals surface area contributed by atoms with Crippen LogP contribution in [0.1, 0.15) is 22.7 Å². The number of rotatable bonds is 2. The normalized spacial score (nSPS) is 13.0. The molecule has 0 saturated heterocycles. The maximum Gasteiger partial charge on any atom is 0.0624 e. The van der Waals surface area contributed by atoms with Crippen LogP contribution in [0.3, 0.4) is 0 Å². The van der Waals surface area contributed by atoms with E-state index in [1.54, 1.807) is 0 Å². The standard InChI is InChI=1S/C10H14ClNO/c1-6-3-4-8(9(12)5-13)7(2)10(6)11/h3-4,9,13H,5,12H2,1-2H3. The Hall–Kier alpha value is -0.570. The van der Waals surface area contributed by atoms with Crippen molar-refractivity contribution in [3.05, 3.63) is 33.8 Å². The number of hydrogen-bond acceptors (Lipinski definition) is 2. The smallest absolute Gasteiger partial charge is 0.0624 e. The first-order chi connectivity index (χ1) is 6.07. The molecule has 2 nitrogen and oxygen atoms in total. The van der Waals surface area contributed by atoms with E-state index in [2.05, 4.69) is 0 Å². The Morgan fingerprint density at radius 1 is 1.46 bits per heavy atom. The topological polar surface area (TPSA) is 46.2 Å². The summed E-state index contributed by atoms with van der Waals surface area (Å²) in [7, 11) is 0. The molecular weight excluding hydrogens is 186 g/mol. The van der Waals surface area contributed by atoms with Crippen LogP contribution in [0.25, 0.3) is 0 Å². The third-order valence-electron chi connectivity index (χ3n) is 2.22. The van der Waals surface area contributed by atoms with Crippen molar-refractivity contribution in [1.82, 2.24) is 0 Å². The van der Waals surface area contributed by atoms with Crippen molar-refractivity contribution in [2.24, 2.45) is 5.73 Å². The Morgan fingerprint density at radius 3 is 2.62 bits per heavy atom. The average molecular weight is 200 g/mol. The summed E-state index contributed by atoms with van der Waals surface area (Å²) >= 11 is 6.05. The molecule has 72 valence electrons. The van der Waals surface area contributed by atoms with Gasteiger partial charge in [0.15, 0.2) is 0 Å². The predicted molar refractivity (Wildman–Crippen MR) is 54.9 cm³/mol. The molecule has 0 radical (unpaired) electrons. The third-order valence-corrected chi connectivity index (χ3v) is 2.80. The first-order valence-corrected chi connectivity index (χ1v) is 4.57. The fourth-order valence-corrected chi connectivity index (χ4v) is 1.51. The van der Waals surface area contributed by atoms with Gasteiger partial charge in [-0.25, -0.2) is 0 Å². The molecule has 0 aliphatic carbocycles. The third kappa shape index (κ3) is 2.02. The van der Waals surface area contributed by atoms with E-state index in [1.165, 1.54) is 0 Å². The van der Waals surface area contributed by atoms with Crippen molar-refractivity contribution in [2.45, 2.75) is 19.9 Å².